The molecule has 0 aliphatic carbocycles. The van der Waals surface area contributed by atoms with Crippen LogP contribution in [0, 0.1) is 0 Å². The van der Waals surface area contributed by atoms with E-state index in [1.54, 1.807) is 6.20 Å². The third-order valence-electron chi connectivity index (χ3n) is 4.85. The molecule has 0 spiro atoms. The molecule has 1 aromatic heterocycles. The van der Waals surface area contributed by atoms with Crippen molar-refractivity contribution in [2.75, 3.05) is 13.1 Å². The van der Waals surface area contributed by atoms with Crippen LogP contribution in [0.5, 0.6) is 0 Å². The highest BCUT2D eigenvalue weighted by Crippen LogP contribution is 2.36. The summed E-state index contributed by atoms with van der Waals surface area (Å²) in [5, 5.41) is 2.35. The highest BCUT2D eigenvalue weighted by Gasteiger charge is 2.51. The number of nitrogens with one attached hydrogen (secondary N) is 1. The van der Waals surface area contributed by atoms with E-state index in [-0.39, 0.29) is 12.6 Å². The van der Waals surface area contributed by atoms with E-state index in [1.807, 2.05) is 39.8 Å². The van der Waals surface area contributed by atoms with Gasteiger partial charge in [-0.15, -0.1) is 0 Å². The minimum absolute atomic E-state index is 0.206. The summed E-state index contributed by atoms with van der Waals surface area (Å²) < 4.78 is 48.4. The molecule has 1 aliphatic rings. The quantitative estimate of drug-likeness (QED) is 0.564. The minimum atomic E-state index is -4.21. The Hall–Kier alpha value is -1.16. The van der Waals surface area contributed by atoms with Crippen LogP contribution in [0.4, 0.5) is 13.2 Å². The minimum Gasteiger partial charge on any atom is -0.399 e. The summed E-state index contributed by atoms with van der Waals surface area (Å²) >= 11 is 0. The molecule has 1 unspecified atom stereocenters. The normalized spacial score (nSPS) is 20.4. The predicted molar refractivity (Wildman–Crippen MR) is 95.2 cm³/mol. The summed E-state index contributed by atoms with van der Waals surface area (Å²) in [5.41, 5.74) is 6.79. The van der Waals surface area contributed by atoms with Crippen LogP contribution in [0.25, 0.3) is 0 Å². The van der Waals surface area contributed by atoms with Gasteiger partial charge in [0.15, 0.2) is 0 Å². The van der Waals surface area contributed by atoms with Crippen LogP contribution >= 0.6 is 0 Å². The number of aromatic nitrogens is 1. The van der Waals surface area contributed by atoms with Crippen LogP contribution in [-0.2, 0) is 15.7 Å². The zero-order valence-corrected chi connectivity index (χ0v) is 15.7. The molecule has 1 saturated heterocycles. The Morgan fingerprint density at radius 2 is 1.85 bits per heavy atom. The van der Waals surface area contributed by atoms with E-state index < -0.39 is 31.0 Å². The molecule has 146 valence electrons. The molecule has 2 rings (SSSR count). The van der Waals surface area contributed by atoms with Crippen molar-refractivity contribution in [2.24, 2.45) is 5.73 Å². The number of nitrogens with two attached hydrogens (primary N) is 1. The maximum Gasteiger partial charge on any atom is 0.494 e. The van der Waals surface area contributed by atoms with Gasteiger partial charge in [-0.2, -0.15) is 13.2 Å². The predicted octanol–water partition coefficient (Wildman–Crippen LogP) is 1.79. The molecule has 9 heteroatoms. The molecule has 2 heterocycles. The second-order valence-electron chi connectivity index (χ2n) is 7.71. The van der Waals surface area contributed by atoms with Crippen molar-refractivity contribution in [3.8, 4) is 0 Å². The van der Waals surface area contributed by atoms with Crippen molar-refractivity contribution in [3.63, 3.8) is 0 Å². The molecular formula is C17H27BF3N3O2. The lowest BCUT2D eigenvalue weighted by Crippen LogP contribution is -2.41. The highest BCUT2D eigenvalue weighted by molar-refractivity contribution is 6.62. The Morgan fingerprint density at radius 1 is 1.23 bits per heavy atom. The fraction of sp³-hybridized carbons (Fsp3) is 0.706. The standard InChI is InChI=1S/C17H27BF3N3O2/c1-15(2)16(3,4)26-18(25-15)12-5-8-24-14(9-12)10-13(22)6-7-23-11-17(19,20)21/h5,8-9,13,23H,6-7,10-11,22H2,1-4H3. The van der Waals surface area contributed by atoms with E-state index in [9.17, 15) is 13.2 Å². The zero-order chi connectivity index (χ0) is 19.6. The number of hydrogen-bond acceptors (Lipinski definition) is 5. The van der Waals surface area contributed by atoms with Gasteiger partial charge in [0.1, 0.15) is 0 Å². The van der Waals surface area contributed by atoms with Crippen LogP contribution in [0.3, 0.4) is 0 Å². The van der Waals surface area contributed by atoms with Gasteiger partial charge in [-0.1, -0.05) is 0 Å². The van der Waals surface area contributed by atoms with Gasteiger partial charge in [-0.3, -0.25) is 4.98 Å². The zero-order valence-electron chi connectivity index (χ0n) is 15.7. The SMILES string of the molecule is CC1(C)OB(c2ccnc(CC(N)CCNCC(F)(F)F)c2)OC1(C)C. The Labute approximate surface area is 153 Å². The van der Waals surface area contributed by atoms with Crippen molar-refractivity contribution in [1.82, 2.24) is 10.3 Å². The van der Waals surface area contributed by atoms with E-state index in [0.717, 1.165) is 11.2 Å². The van der Waals surface area contributed by atoms with Gasteiger partial charge >= 0.3 is 13.3 Å². The average molecular weight is 373 g/mol. The Balaban J connectivity index is 1.89. The summed E-state index contributed by atoms with van der Waals surface area (Å²) in [6, 6.07) is 3.43. The number of hydrogen-bond donors (Lipinski definition) is 2. The molecule has 1 fully saturated rings. The van der Waals surface area contributed by atoms with Crippen LogP contribution in [0.2, 0.25) is 0 Å². The first-order valence-electron chi connectivity index (χ1n) is 8.73. The van der Waals surface area contributed by atoms with Crippen LogP contribution < -0.4 is 16.5 Å². The van der Waals surface area contributed by atoms with Crippen molar-refractivity contribution in [1.29, 1.82) is 0 Å². The van der Waals surface area contributed by atoms with Crippen LogP contribution in [0.1, 0.15) is 39.8 Å². The van der Waals surface area contributed by atoms with Gasteiger partial charge in [-0.05, 0) is 58.3 Å². The third kappa shape index (κ3) is 5.67. The molecule has 0 radical (unpaired) electrons. The van der Waals surface area contributed by atoms with E-state index >= 15 is 0 Å². The summed E-state index contributed by atoms with van der Waals surface area (Å²) in [7, 11) is -0.480. The first kappa shape index (κ1) is 21.1. The van der Waals surface area contributed by atoms with Crippen molar-refractivity contribution in [3.05, 3.63) is 24.0 Å². The van der Waals surface area contributed by atoms with Gasteiger partial charge in [0.25, 0.3) is 0 Å². The third-order valence-corrected chi connectivity index (χ3v) is 4.85. The van der Waals surface area contributed by atoms with E-state index in [1.165, 1.54) is 0 Å². The number of pyridine rings is 1. The number of rotatable bonds is 7. The molecule has 1 aliphatic heterocycles. The van der Waals surface area contributed by atoms with Gasteiger partial charge < -0.3 is 20.4 Å². The second kappa shape index (κ2) is 7.84. The van der Waals surface area contributed by atoms with Crippen LogP contribution in [0.15, 0.2) is 18.3 Å². The molecule has 0 aromatic carbocycles. The first-order valence-corrected chi connectivity index (χ1v) is 8.73. The monoisotopic (exact) mass is 373 g/mol. The molecule has 5 nitrogen and oxygen atoms in total. The van der Waals surface area contributed by atoms with Crippen molar-refractivity contribution >= 4 is 12.6 Å². The molecular weight excluding hydrogens is 346 g/mol. The number of nitrogens with zero attached hydrogens (tertiary/aromatic N) is 1. The lowest BCUT2D eigenvalue weighted by molar-refractivity contribution is -0.124. The summed E-state index contributed by atoms with van der Waals surface area (Å²) in [5.74, 6) is 0. The maximum atomic E-state index is 12.1. The molecule has 0 saturated carbocycles. The Kier molecular flexibility index (Phi) is 6.38. The van der Waals surface area contributed by atoms with Gasteiger partial charge in [-0.25, -0.2) is 0 Å². The van der Waals surface area contributed by atoms with Gasteiger partial charge in [0.05, 0.1) is 17.7 Å². The highest BCUT2D eigenvalue weighted by atomic mass is 19.4. The van der Waals surface area contributed by atoms with Gasteiger partial charge in [0.2, 0.25) is 0 Å². The summed E-state index contributed by atoms with van der Waals surface area (Å²) in [6.45, 7) is 7.14. The molecule has 1 atom stereocenters. The molecule has 0 bridgehead atoms. The van der Waals surface area contributed by atoms with Crippen molar-refractivity contribution in [2.45, 2.75) is 64.0 Å². The maximum absolute atomic E-state index is 12.1. The number of halogens is 3. The lowest BCUT2D eigenvalue weighted by Gasteiger charge is -2.32. The summed E-state index contributed by atoms with van der Waals surface area (Å²) in [6.07, 6.45) is -1.63. The van der Waals surface area contributed by atoms with Gasteiger partial charge in [0, 0.05) is 24.4 Å². The largest absolute Gasteiger partial charge is 0.494 e. The molecule has 26 heavy (non-hydrogen) atoms. The van der Waals surface area contributed by atoms with Crippen molar-refractivity contribution < 1.29 is 22.5 Å². The average Bonchev–Trinajstić information content (AvgIpc) is 2.71. The fourth-order valence-corrected chi connectivity index (χ4v) is 2.62. The Bertz CT molecular complexity index is 595. The number of alkyl halides is 3. The molecule has 3 N–H and O–H groups in total. The first-order chi connectivity index (χ1) is 11.9. The fourth-order valence-electron chi connectivity index (χ4n) is 2.62. The summed E-state index contributed by atoms with van der Waals surface area (Å²) in [4.78, 5) is 4.30. The second-order valence-corrected chi connectivity index (χ2v) is 7.71. The smallest absolute Gasteiger partial charge is 0.399 e. The Morgan fingerprint density at radius 3 is 2.42 bits per heavy atom. The lowest BCUT2D eigenvalue weighted by atomic mass is 9.79. The van der Waals surface area contributed by atoms with E-state index in [2.05, 4.69) is 10.3 Å². The van der Waals surface area contributed by atoms with Crippen LogP contribution in [-0.4, -0.2) is 48.6 Å². The van der Waals surface area contributed by atoms with E-state index in [4.69, 9.17) is 15.0 Å². The van der Waals surface area contributed by atoms with E-state index in [0.29, 0.717) is 12.8 Å². The molecule has 1 aromatic rings. The molecule has 0 amide bonds. The topological polar surface area (TPSA) is 69.4 Å².